The topological polar surface area (TPSA) is 48.1 Å². The first-order chi connectivity index (χ1) is 8.74. The summed E-state index contributed by atoms with van der Waals surface area (Å²) < 4.78 is 5.79. The minimum absolute atomic E-state index is 0.516. The average Bonchev–Trinajstić information content (AvgIpc) is 2.80. The molecule has 0 unspecified atom stereocenters. The summed E-state index contributed by atoms with van der Waals surface area (Å²) in [6.07, 6.45) is 0.924. The van der Waals surface area contributed by atoms with Gasteiger partial charge >= 0.3 is 0 Å². The van der Waals surface area contributed by atoms with Crippen molar-refractivity contribution in [2.45, 2.75) is 33.4 Å². The highest BCUT2D eigenvalue weighted by Gasteiger charge is 2.09. The van der Waals surface area contributed by atoms with Gasteiger partial charge < -0.3 is 10.5 Å². The van der Waals surface area contributed by atoms with Crippen LogP contribution in [0.4, 0.5) is 0 Å². The molecule has 0 saturated carbocycles. The first-order valence-electron chi connectivity index (χ1n) is 6.10. The second-order valence-electron chi connectivity index (χ2n) is 4.09. The molecule has 3 nitrogen and oxygen atoms in total. The van der Waals surface area contributed by atoms with Crippen molar-refractivity contribution in [3.8, 4) is 5.75 Å². The quantitative estimate of drug-likeness (QED) is 0.901. The van der Waals surface area contributed by atoms with Gasteiger partial charge in [-0.15, -0.1) is 11.3 Å². The van der Waals surface area contributed by atoms with E-state index in [2.05, 4.69) is 11.9 Å². The van der Waals surface area contributed by atoms with Crippen LogP contribution in [0.2, 0.25) is 0 Å². The molecule has 2 rings (SSSR count). The number of hydrogen-bond donors (Lipinski definition) is 1. The number of aromatic nitrogens is 1. The van der Waals surface area contributed by atoms with Gasteiger partial charge in [0.25, 0.3) is 0 Å². The maximum absolute atomic E-state index is 5.79. The van der Waals surface area contributed by atoms with Crippen LogP contribution in [-0.2, 0) is 19.6 Å². The minimum Gasteiger partial charge on any atom is -0.486 e. The monoisotopic (exact) mass is 262 g/mol. The van der Waals surface area contributed by atoms with Gasteiger partial charge in [-0.3, -0.25) is 0 Å². The molecule has 2 N–H and O–H groups in total. The van der Waals surface area contributed by atoms with Gasteiger partial charge in [-0.05, 0) is 25.0 Å². The molecule has 4 heteroatoms. The number of para-hydroxylation sites is 1. The summed E-state index contributed by atoms with van der Waals surface area (Å²) in [4.78, 5) is 5.73. The maximum Gasteiger partial charge on any atom is 0.140 e. The molecule has 96 valence electrons. The Morgan fingerprint density at radius 3 is 2.72 bits per heavy atom. The highest BCUT2D eigenvalue weighted by molar-refractivity contribution is 7.11. The number of ether oxygens (including phenoxy) is 1. The summed E-state index contributed by atoms with van der Waals surface area (Å²) in [5, 5.41) is 0.996. The number of benzene rings is 1. The third kappa shape index (κ3) is 2.89. The van der Waals surface area contributed by atoms with E-state index in [0.29, 0.717) is 13.2 Å². The van der Waals surface area contributed by atoms with E-state index in [0.717, 1.165) is 28.4 Å². The molecule has 0 spiro atoms. The predicted molar refractivity (Wildman–Crippen MR) is 74.9 cm³/mol. The summed E-state index contributed by atoms with van der Waals surface area (Å²) >= 11 is 1.65. The summed E-state index contributed by atoms with van der Waals surface area (Å²) in [5.41, 5.74) is 7.95. The zero-order chi connectivity index (χ0) is 13.0. The van der Waals surface area contributed by atoms with Crippen LogP contribution in [0.15, 0.2) is 24.3 Å². The van der Waals surface area contributed by atoms with Crippen molar-refractivity contribution < 1.29 is 4.74 Å². The molecule has 0 bridgehead atoms. The van der Waals surface area contributed by atoms with E-state index < -0.39 is 0 Å². The van der Waals surface area contributed by atoms with Crippen molar-refractivity contribution >= 4 is 11.3 Å². The largest absolute Gasteiger partial charge is 0.486 e. The van der Waals surface area contributed by atoms with E-state index in [-0.39, 0.29) is 0 Å². The Kier molecular flexibility index (Phi) is 4.33. The Labute approximate surface area is 112 Å². The van der Waals surface area contributed by atoms with Crippen LogP contribution in [0.5, 0.6) is 5.75 Å². The molecular formula is C14H18N2OS. The fourth-order valence-electron chi connectivity index (χ4n) is 1.79. The van der Waals surface area contributed by atoms with Gasteiger partial charge in [0.1, 0.15) is 17.4 Å². The standard InChI is InChI=1S/C14H18N2OS/c1-3-11-13(8-15)18-14(16-11)9-17-12-7-5-4-6-10(12)2/h4-7H,3,8-9,15H2,1-2H3. The number of nitrogens with zero attached hydrogens (tertiary/aromatic N) is 1. The minimum atomic E-state index is 0.516. The van der Waals surface area contributed by atoms with Gasteiger partial charge in [-0.2, -0.15) is 0 Å². The summed E-state index contributed by atoms with van der Waals surface area (Å²) in [5.74, 6) is 0.917. The van der Waals surface area contributed by atoms with Crippen LogP contribution in [0.25, 0.3) is 0 Å². The van der Waals surface area contributed by atoms with Crippen LogP contribution in [0.1, 0.15) is 28.1 Å². The molecule has 0 fully saturated rings. The van der Waals surface area contributed by atoms with Crippen LogP contribution in [-0.4, -0.2) is 4.98 Å². The van der Waals surface area contributed by atoms with Gasteiger partial charge in [-0.25, -0.2) is 4.98 Å². The highest BCUT2D eigenvalue weighted by Crippen LogP contribution is 2.22. The molecule has 2 aromatic rings. The zero-order valence-corrected chi connectivity index (χ0v) is 11.6. The Morgan fingerprint density at radius 2 is 2.11 bits per heavy atom. The van der Waals surface area contributed by atoms with Crippen molar-refractivity contribution in [1.82, 2.24) is 4.98 Å². The van der Waals surface area contributed by atoms with Crippen molar-refractivity contribution in [2.24, 2.45) is 5.73 Å². The lowest BCUT2D eigenvalue weighted by Crippen LogP contribution is -1.97. The lowest BCUT2D eigenvalue weighted by Gasteiger charge is -2.06. The molecule has 1 aromatic heterocycles. The van der Waals surface area contributed by atoms with Crippen molar-refractivity contribution in [1.29, 1.82) is 0 Å². The van der Waals surface area contributed by atoms with E-state index in [1.165, 1.54) is 4.88 Å². The number of hydrogen-bond acceptors (Lipinski definition) is 4. The van der Waals surface area contributed by atoms with Crippen molar-refractivity contribution in [2.75, 3.05) is 0 Å². The maximum atomic E-state index is 5.79. The molecule has 0 aliphatic rings. The smallest absolute Gasteiger partial charge is 0.140 e. The molecule has 18 heavy (non-hydrogen) atoms. The molecule has 0 atom stereocenters. The molecule has 1 heterocycles. The lowest BCUT2D eigenvalue weighted by atomic mass is 10.2. The Bertz CT molecular complexity index is 501. The fourth-order valence-corrected chi connectivity index (χ4v) is 2.74. The summed E-state index contributed by atoms with van der Waals surface area (Å²) in [6, 6.07) is 8.01. The second kappa shape index (κ2) is 5.98. The SMILES string of the molecule is CCc1nc(COc2ccccc2C)sc1CN. The summed E-state index contributed by atoms with van der Waals surface area (Å²) in [7, 11) is 0. The van der Waals surface area contributed by atoms with Crippen molar-refractivity contribution in [3.63, 3.8) is 0 Å². The normalized spacial score (nSPS) is 10.6. The Morgan fingerprint density at radius 1 is 1.33 bits per heavy atom. The second-order valence-corrected chi connectivity index (χ2v) is 5.26. The average molecular weight is 262 g/mol. The third-order valence-electron chi connectivity index (χ3n) is 2.79. The number of thiazole rings is 1. The third-order valence-corrected chi connectivity index (χ3v) is 3.88. The van der Waals surface area contributed by atoms with Gasteiger partial charge in [0.2, 0.25) is 0 Å². The van der Waals surface area contributed by atoms with Crippen molar-refractivity contribution in [3.05, 3.63) is 45.4 Å². The van der Waals surface area contributed by atoms with Crippen LogP contribution < -0.4 is 10.5 Å². The van der Waals surface area contributed by atoms with Gasteiger partial charge in [0.05, 0.1) is 5.69 Å². The molecule has 1 aromatic carbocycles. The van der Waals surface area contributed by atoms with E-state index >= 15 is 0 Å². The predicted octanol–water partition coefficient (Wildman–Crippen LogP) is 3.05. The van der Waals surface area contributed by atoms with E-state index in [1.54, 1.807) is 11.3 Å². The fraction of sp³-hybridized carbons (Fsp3) is 0.357. The zero-order valence-electron chi connectivity index (χ0n) is 10.8. The lowest BCUT2D eigenvalue weighted by molar-refractivity contribution is 0.303. The van der Waals surface area contributed by atoms with Crippen LogP contribution in [0.3, 0.4) is 0 Å². The highest BCUT2D eigenvalue weighted by atomic mass is 32.1. The summed E-state index contributed by atoms with van der Waals surface area (Å²) in [6.45, 7) is 5.22. The van der Waals surface area contributed by atoms with E-state index in [9.17, 15) is 0 Å². The van der Waals surface area contributed by atoms with Crippen LogP contribution in [0, 0.1) is 6.92 Å². The molecule has 0 aliphatic carbocycles. The molecule has 0 radical (unpaired) electrons. The number of nitrogens with two attached hydrogens (primary N) is 1. The van der Waals surface area contributed by atoms with E-state index in [1.807, 2.05) is 31.2 Å². The Balaban J connectivity index is 2.06. The van der Waals surface area contributed by atoms with E-state index in [4.69, 9.17) is 10.5 Å². The molecule has 0 aliphatic heterocycles. The molecule has 0 amide bonds. The van der Waals surface area contributed by atoms with Gasteiger partial charge in [0.15, 0.2) is 0 Å². The molecule has 0 saturated heterocycles. The number of aryl methyl sites for hydroxylation is 2. The first kappa shape index (κ1) is 13.1. The Hall–Kier alpha value is -1.39. The number of rotatable bonds is 5. The first-order valence-corrected chi connectivity index (χ1v) is 6.92. The van der Waals surface area contributed by atoms with Crippen LogP contribution >= 0.6 is 11.3 Å². The van der Waals surface area contributed by atoms with Gasteiger partial charge in [-0.1, -0.05) is 25.1 Å². The van der Waals surface area contributed by atoms with Gasteiger partial charge in [0, 0.05) is 11.4 Å². The molecular weight excluding hydrogens is 244 g/mol.